The van der Waals surface area contributed by atoms with Crippen molar-refractivity contribution >= 4 is 23.6 Å². The fraction of sp³-hybridized carbons (Fsp3) is 0.867. The molecule has 2 amide bonds. The second-order valence-corrected chi connectivity index (χ2v) is 7.24. The quantitative estimate of drug-likeness (QED) is 0.733. The molecule has 1 aliphatic rings. The van der Waals surface area contributed by atoms with Crippen molar-refractivity contribution in [3.63, 3.8) is 0 Å². The van der Waals surface area contributed by atoms with Gasteiger partial charge in [0, 0.05) is 6.54 Å². The predicted octanol–water partition coefficient (Wildman–Crippen LogP) is 2.14. The topological polar surface area (TPSA) is 49.4 Å². The van der Waals surface area contributed by atoms with Crippen LogP contribution in [0, 0.1) is 11.8 Å². The molecule has 20 heavy (non-hydrogen) atoms. The highest BCUT2D eigenvalue weighted by molar-refractivity contribution is 7.98. The van der Waals surface area contributed by atoms with E-state index >= 15 is 0 Å². The van der Waals surface area contributed by atoms with E-state index in [9.17, 15) is 9.59 Å². The zero-order chi connectivity index (χ0) is 15.3. The van der Waals surface area contributed by atoms with Gasteiger partial charge in [-0.3, -0.25) is 9.59 Å². The smallest absolute Gasteiger partial charge is 0.245 e. The summed E-state index contributed by atoms with van der Waals surface area (Å²) in [6, 6.07) is -0.653. The Hall–Kier alpha value is -0.710. The Balaban J connectivity index is 2.83. The number of piperazine rings is 1. The van der Waals surface area contributed by atoms with Gasteiger partial charge in [-0.15, -0.1) is 0 Å². The molecule has 1 saturated heterocycles. The highest BCUT2D eigenvalue weighted by Gasteiger charge is 2.41. The van der Waals surface area contributed by atoms with Crippen molar-refractivity contribution in [3.8, 4) is 0 Å². The zero-order valence-electron chi connectivity index (χ0n) is 13.3. The Morgan fingerprint density at radius 1 is 1.25 bits per heavy atom. The van der Waals surface area contributed by atoms with Gasteiger partial charge in [-0.05, 0) is 36.7 Å². The van der Waals surface area contributed by atoms with E-state index in [0.717, 1.165) is 12.2 Å². The van der Waals surface area contributed by atoms with Crippen LogP contribution < -0.4 is 5.32 Å². The number of rotatable bonds is 7. The molecule has 1 fully saturated rings. The fourth-order valence-electron chi connectivity index (χ4n) is 2.72. The van der Waals surface area contributed by atoms with Crippen molar-refractivity contribution in [2.45, 2.75) is 52.6 Å². The first kappa shape index (κ1) is 17.3. The van der Waals surface area contributed by atoms with Gasteiger partial charge in [0.1, 0.15) is 12.1 Å². The van der Waals surface area contributed by atoms with Crippen LogP contribution in [0.3, 0.4) is 0 Å². The summed E-state index contributed by atoms with van der Waals surface area (Å²) in [6.45, 7) is 8.84. The minimum atomic E-state index is -0.341. The number of hydrogen-bond donors (Lipinski definition) is 1. The molecule has 1 aliphatic heterocycles. The highest BCUT2D eigenvalue weighted by atomic mass is 32.2. The minimum absolute atomic E-state index is 0.00871. The van der Waals surface area contributed by atoms with Gasteiger partial charge in [-0.1, -0.05) is 27.7 Å². The average molecular weight is 300 g/mol. The molecular weight excluding hydrogens is 272 g/mol. The number of hydrogen-bond acceptors (Lipinski definition) is 3. The van der Waals surface area contributed by atoms with Crippen LogP contribution in [0.25, 0.3) is 0 Å². The van der Waals surface area contributed by atoms with E-state index in [1.165, 1.54) is 0 Å². The maximum absolute atomic E-state index is 12.6. The lowest BCUT2D eigenvalue weighted by Crippen LogP contribution is -2.65. The van der Waals surface area contributed by atoms with Crippen molar-refractivity contribution in [2.24, 2.45) is 11.8 Å². The van der Waals surface area contributed by atoms with Crippen LogP contribution in [0.2, 0.25) is 0 Å². The van der Waals surface area contributed by atoms with Gasteiger partial charge in [0.05, 0.1) is 0 Å². The monoisotopic (exact) mass is 300 g/mol. The number of nitrogens with one attached hydrogen (secondary N) is 1. The van der Waals surface area contributed by atoms with Gasteiger partial charge >= 0.3 is 0 Å². The van der Waals surface area contributed by atoms with Crippen molar-refractivity contribution < 1.29 is 9.59 Å². The molecule has 1 N–H and O–H groups in total. The number of nitrogens with zero attached hydrogens (tertiary/aromatic N) is 1. The number of thioether (sulfide) groups is 1. The van der Waals surface area contributed by atoms with Gasteiger partial charge < -0.3 is 10.2 Å². The lowest BCUT2D eigenvalue weighted by Gasteiger charge is -2.41. The Labute approximate surface area is 127 Å². The second-order valence-electron chi connectivity index (χ2n) is 6.26. The molecule has 116 valence electrons. The van der Waals surface area contributed by atoms with Crippen LogP contribution in [-0.2, 0) is 9.59 Å². The van der Waals surface area contributed by atoms with Crippen LogP contribution in [-0.4, -0.2) is 47.4 Å². The molecule has 0 radical (unpaired) electrons. The summed E-state index contributed by atoms with van der Waals surface area (Å²) in [5.41, 5.74) is 0. The lowest BCUT2D eigenvalue weighted by molar-refractivity contribution is -0.151. The third-order valence-electron chi connectivity index (χ3n) is 3.59. The predicted molar refractivity (Wildman–Crippen MR) is 84.7 cm³/mol. The SMILES string of the molecule is CSCCCN1C(=O)C(CC(C)C)NC(=O)C1C(C)C. The second kappa shape index (κ2) is 7.91. The maximum Gasteiger partial charge on any atom is 0.245 e. The largest absolute Gasteiger partial charge is 0.342 e. The number of amides is 2. The van der Waals surface area contributed by atoms with Crippen LogP contribution in [0.1, 0.15) is 40.5 Å². The standard InChI is InChI=1S/C15H28N2O2S/c1-10(2)9-12-15(19)17(7-6-8-20-5)13(11(3)4)14(18)16-12/h10-13H,6-9H2,1-5H3,(H,16,18). The van der Waals surface area contributed by atoms with E-state index in [1.54, 1.807) is 11.8 Å². The lowest BCUT2D eigenvalue weighted by atomic mass is 9.93. The third-order valence-corrected chi connectivity index (χ3v) is 4.29. The third kappa shape index (κ3) is 4.40. The molecule has 2 atom stereocenters. The molecule has 0 aromatic carbocycles. The van der Waals surface area contributed by atoms with Crippen molar-refractivity contribution in [2.75, 3.05) is 18.6 Å². The van der Waals surface area contributed by atoms with Crippen molar-refractivity contribution in [1.29, 1.82) is 0 Å². The van der Waals surface area contributed by atoms with Crippen LogP contribution in [0.5, 0.6) is 0 Å². The summed E-state index contributed by atoms with van der Waals surface area (Å²) in [5.74, 6) is 1.67. The van der Waals surface area contributed by atoms with Crippen LogP contribution >= 0.6 is 11.8 Å². The van der Waals surface area contributed by atoms with Gasteiger partial charge in [-0.2, -0.15) is 11.8 Å². The fourth-order valence-corrected chi connectivity index (χ4v) is 3.14. The summed E-state index contributed by atoms with van der Waals surface area (Å²) in [4.78, 5) is 26.7. The first-order valence-corrected chi connectivity index (χ1v) is 8.87. The first-order valence-electron chi connectivity index (χ1n) is 7.48. The van der Waals surface area contributed by atoms with E-state index in [0.29, 0.717) is 18.9 Å². The van der Waals surface area contributed by atoms with Gasteiger partial charge in [0.15, 0.2) is 0 Å². The molecular formula is C15H28N2O2S. The Bertz CT molecular complexity index is 345. The van der Waals surface area contributed by atoms with Crippen LogP contribution in [0.4, 0.5) is 0 Å². The summed E-state index contributed by atoms with van der Waals surface area (Å²) < 4.78 is 0. The molecule has 0 saturated carbocycles. The van der Waals surface area contributed by atoms with E-state index in [2.05, 4.69) is 25.4 Å². The van der Waals surface area contributed by atoms with E-state index in [1.807, 2.05) is 18.7 Å². The zero-order valence-corrected chi connectivity index (χ0v) is 14.1. The molecule has 5 heteroatoms. The molecule has 0 aromatic heterocycles. The van der Waals surface area contributed by atoms with Crippen molar-refractivity contribution in [1.82, 2.24) is 10.2 Å². The number of carbonyl (C=O) groups excluding carboxylic acids is 2. The maximum atomic E-state index is 12.6. The molecule has 0 spiro atoms. The Morgan fingerprint density at radius 3 is 2.40 bits per heavy atom. The van der Waals surface area contributed by atoms with Crippen LogP contribution in [0.15, 0.2) is 0 Å². The number of carbonyl (C=O) groups is 2. The normalized spacial score (nSPS) is 23.6. The molecule has 1 rings (SSSR count). The van der Waals surface area contributed by atoms with Crippen molar-refractivity contribution in [3.05, 3.63) is 0 Å². The summed E-state index contributed by atoms with van der Waals surface area (Å²) >= 11 is 1.77. The van der Waals surface area contributed by atoms with Gasteiger partial charge in [0.25, 0.3) is 0 Å². The van der Waals surface area contributed by atoms with Gasteiger partial charge in [0.2, 0.25) is 11.8 Å². The molecule has 4 nitrogen and oxygen atoms in total. The summed E-state index contributed by atoms with van der Waals surface area (Å²) in [7, 11) is 0. The highest BCUT2D eigenvalue weighted by Crippen LogP contribution is 2.21. The van der Waals surface area contributed by atoms with E-state index in [-0.39, 0.29) is 29.8 Å². The average Bonchev–Trinajstić information content (AvgIpc) is 2.33. The van der Waals surface area contributed by atoms with E-state index < -0.39 is 0 Å². The van der Waals surface area contributed by atoms with Gasteiger partial charge in [-0.25, -0.2) is 0 Å². The first-order chi connectivity index (χ1) is 9.38. The molecule has 0 aliphatic carbocycles. The molecule has 0 aromatic rings. The summed E-state index contributed by atoms with van der Waals surface area (Å²) in [5, 5.41) is 2.91. The summed E-state index contributed by atoms with van der Waals surface area (Å²) in [6.07, 6.45) is 3.72. The molecule has 1 heterocycles. The Morgan fingerprint density at radius 2 is 1.90 bits per heavy atom. The Kier molecular flexibility index (Phi) is 6.86. The minimum Gasteiger partial charge on any atom is -0.342 e. The molecule has 0 bridgehead atoms. The molecule has 2 unspecified atom stereocenters. The van der Waals surface area contributed by atoms with E-state index in [4.69, 9.17) is 0 Å².